The average molecular weight is 204 g/mol. The lowest BCUT2D eigenvalue weighted by molar-refractivity contribution is 0.0966. The second-order valence-electron chi connectivity index (χ2n) is 3.83. The Bertz CT molecular complexity index is 374. The summed E-state index contributed by atoms with van der Waals surface area (Å²) in [4.78, 5) is 11.4. The molecule has 0 unspecified atom stereocenters. The van der Waals surface area contributed by atoms with Crippen molar-refractivity contribution >= 4 is 5.91 Å². The summed E-state index contributed by atoms with van der Waals surface area (Å²) in [6.07, 6.45) is 2.15. The second-order valence-corrected chi connectivity index (χ2v) is 3.83. The lowest BCUT2D eigenvalue weighted by atomic mass is 9.99. The van der Waals surface area contributed by atoms with Crippen LogP contribution in [0.1, 0.15) is 27.9 Å². The molecule has 0 spiro atoms. The van der Waals surface area contributed by atoms with Gasteiger partial charge in [0, 0.05) is 12.1 Å². The van der Waals surface area contributed by atoms with Gasteiger partial charge in [0.25, 0.3) is 5.91 Å². The Morgan fingerprint density at radius 1 is 1.47 bits per heavy atom. The Morgan fingerprint density at radius 2 is 2.33 bits per heavy atom. The maximum Gasteiger partial charge on any atom is 0.251 e. The van der Waals surface area contributed by atoms with E-state index in [2.05, 4.69) is 16.7 Å². The fourth-order valence-electron chi connectivity index (χ4n) is 2.01. The molecule has 1 aromatic rings. The van der Waals surface area contributed by atoms with E-state index in [4.69, 9.17) is 0 Å². The summed E-state index contributed by atoms with van der Waals surface area (Å²) in [6, 6.07) is 5.99. The van der Waals surface area contributed by atoms with Gasteiger partial charge in [-0.2, -0.15) is 0 Å². The van der Waals surface area contributed by atoms with Gasteiger partial charge in [0.1, 0.15) is 0 Å². The minimum absolute atomic E-state index is 0.0699. The molecule has 1 amide bonds. The van der Waals surface area contributed by atoms with Gasteiger partial charge in [-0.15, -0.1) is 0 Å². The number of aryl methyl sites for hydroxylation is 1. The van der Waals surface area contributed by atoms with Crippen molar-refractivity contribution in [1.29, 1.82) is 0 Å². The zero-order valence-electron chi connectivity index (χ0n) is 8.97. The number of nitrogens with one attached hydrogen (secondary N) is 2. The maximum atomic E-state index is 11.4. The van der Waals surface area contributed by atoms with Crippen molar-refractivity contribution in [2.45, 2.75) is 19.4 Å². The smallest absolute Gasteiger partial charge is 0.251 e. The summed E-state index contributed by atoms with van der Waals surface area (Å²) >= 11 is 0. The summed E-state index contributed by atoms with van der Waals surface area (Å²) < 4.78 is 0. The van der Waals surface area contributed by atoms with Crippen LogP contribution in [0.15, 0.2) is 18.2 Å². The SMILES string of the molecule is CNCCCc1cccc2c1CNC2=O. The van der Waals surface area contributed by atoms with Crippen molar-refractivity contribution in [2.24, 2.45) is 0 Å². The van der Waals surface area contributed by atoms with E-state index in [1.165, 1.54) is 11.1 Å². The van der Waals surface area contributed by atoms with E-state index in [1.807, 2.05) is 19.2 Å². The highest BCUT2D eigenvalue weighted by molar-refractivity contribution is 5.98. The van der Waals surface area contributed by atoms with Gasteiger partial charge in [-0.25, -0.2) is 0 Å². The lowest BCUT2D eigenvalue weighted by Crippen LogP contribution is -2.12. The predicted octanol–water partition coefficient (Wildman–Crippen LogP) is 1.08. The number of carbonyl (C=O) groups is 1. The van der Waals surface area contributed by atoms with Crippen LogP contribution in [-0.2, 0) is 13.0 Å². The first-order valence-corrected chi connectivity index (χ1v) is 5.36. The van der Waals surface area contributed by atoms with Gasteiger partial charge in [0.2, 0.25) is 0 Å². The second kappa shape index (κ2) is 4.45. The molecule has 15 heavy (non-hydrogen) atoms. The van der Waals surface area contributed by atoms with Gasteiger partial charge in [-0.1, -0.05) is 12.1 Å². The molecule has 3 nitrogen and oxygen atoms in total. The van der Waals surface area contributed by atoms with Gasteiger partial charge in [0.15, 0.2) is 0 Å². The summed E-state index contributed by atoms with van der Waals surface area (Å²) in [5.41, 5.74) is 3.36. The van der Waals surface area contributed by atoms with Crippen molar-refractivity contribution in [1.82, 2.24) is 10.6 Å². The largest absolute Gasteiger partial charge is 0.348 e. The number of amides is 1. The van der Waals surface area contributed by atoms with E-state index >= 15 is 0 Å². The average Bonchev–Trinajstić information content (AvgIpc) is 2.62. The zero-order valence-corrected chi connectivity index (χ0v) is 8.97. The molecule has 3 heteroatoms. The van der Waals surface area contributed by atoms with Gasteiger partial charge in [-0.3, -0.25) is 4.79 Å². The molecule has 0 aliphatic carbocycles. The van der Waals surface area contributed by atoms with Crippen LogP contribution in [0.2, 0.25) is 0 Å². The molecular formula is C12H16N2O. The van der Waals surface area contributed by atoms with Crippen LogP contribution in [0, 0.1) is 0 Å². The number of benzene rings is 1. The van der Waals surface area contributed by atoms with Crippen LogP contribution in [0.4, 0.5) is 0 Å². The minimum Gasteiger partial charge on any atom is -0.348 e. The Kier molecular flexibility index (Phi) is 3.02. The number of carbonyl (C=O) groups excluding carboxylic acids is 1. The highest BCUT2D eigenvalue weighted by Gasteiger charge is 2.20. The van der Waals surface area contributed by atoms with Crippen LogP contribution >= 0.6 is 0 Å². The summed E-state index contributed by atoms with van der Waals surface area (Å²) in [7, 11) is 1.96. The van der Waals surface area contributed by atoms with Crippen molar-refractivity contribution in [3.05, 3.63) is 34.9 Å². The van der Waals surface area contributed by atoms with Gasteiger partial charge < -0.3 is 10.6 Å². The van der Waals surface area contributed by atoms with E-state index in [9.17, 15) is 4.79 Å². The van der Waals surface area contributed by atoms with Crippen molar-refractivity contribution < 1.29 is 4.79 Å². The van der Waals surface area contributed by atoms with Crippen LogP contribution in [0.5, 0.6) is 0 Å². The highest BCUT2D eigenvalue weighted by atomic mass is 16.1. The minimum atomic E-state index is 0.0699. The van der Waals surface area contributed by atoms with Crippen LogP contribution in [0.3, 0.4) is 0 Å². The molecule has 0 saturated carbocycles. The first kappa shape index (κ1) is 10.2. The van der Waals surface area contributed by atoms with E-state index in [0.29, 0.717) is 6.54 Å². The normalized spacial score (nSPS) is 13.8. The van der Waals surface area contributed by atoms with Gasteiger partial charge >= 0.3 is 0 Å². The molecular weight excluding hydrogens is 188 g/mol. The third-order valence-corrected chi connectivity index (χ3v) is 2.82. The Balaban J connectivity index is 2.15. The topological polar surface area (TPSA) is 41.1 Å². The molecule has 0 bridgehead atoms. The van der Waals surface area contributed by atoms with E-state index in [1.54, 1.807) is 0 Å². The number of hydrogen-bond donors (Lipinski definition) is 2. The molecule has 2 rings (SSSR count). The number of rotatable bonds is 4. The lowest BCUT2D eigenvalue weighted by Gasteiger charge is -2.06. The molecule has 0 saturated heterocycles. The molecule has 0 radical (unpaired) electrons. The van der Waals surface area contributed by atoms with Crippen LogP contribution < -0.4 is 10.6 Å². The van der Waals surface area contributed by atoms with E-state index in [-0.39, 0.29) is 5.91 Å². The molecule has 0 aromatic heterocycles. The van der Waals surface area contributed by atoms with Crippen LogP contribution in [0.25, 0.3) is 0 Å². The quantitative estimate of drug-likeness (QED) is 0.721. The van der Waals surface area contributed by atoms with Crippen molar-refractivity contribution in [2.75, 3.05) is 13.6 Å². The standard InChI is InChI=1S/C12H16N2O/c1-13-7-3-5-9-4-2-6-10-11(9)8-14-12(10)15/h2,4,6,13H,3,5,7-8H2,1H3,(H,14,15). The van der Waals surface area contributed by atoms with Crippen molar-refractivity contribution in [3.63, 3.8) is 0 Å². The third kappa shape index (κ3) is 2.02. The monoisotopic (exact) mass is 204 g/mol. The molecule has 1 aromatic carbocycles. The zero-order chi connectivity index (χ0) is 10.7. The Morgan fingerprint density at radius 3 is 3.13 bits per heavy atom. The number of hydrogen-bond acceptors (Lipinski definition) is 2. The predicted molar refractivity (Wildman–Crippen MR) is 59.9 cm³/mol. The fraction of sp³-hybridized carbons (Fsp3) is 0.417. The first-order chi connectivity index (χ1) is 7.33. The van der Waals surface area contributed by atoms with E-state index in [0.717, 1.165) is 24.9 Å². The first-order valence-electron chi connectivity index (χ1n) is 5.36. The molecule has 80 valence electrons. The Labute approximate surface area is 89.9 Å². The molecule has 0 fully saturated rings. The third-order valence-electron chi connectivity index (χ3n) is 2.82. The molecule has 0 atom stereocenters. The summed E-state index contributed by atoms with van der Waals surface area (Å²) in [5, 5.41) is 5.99. The Hall–Kier alpha value is -1.35. The summed E-state index contributed by atoms with van der Waals surface area (Å²) in [5.74, 6) is 0.0699. The van der Waals surface area contributed by atoms with E-state index < -0.39 is 0 Å². The van der Waals surface area contributed by atoms with Crippen molar-refractivity contribution in [3.8, 4) is 0 Å². The molecule has 1 heterocycles. The molecule has 2 N–H and O–H groups in total. The van der Waals surface area contributed by atoms with Gasteiger partial charge in [-0.05, 0) is 43.6 Å². The fourth-order valence-corrected chi connectivity index (χ4v) is 2.01. The van der Waals surface area contributed by atoms with Gasteiger partial charge in [0.05, 0.1) is 0 Å². The summed E-state index contributed by atoms with van der Waals surface area (Å²) in [6.45, 7) is 1.72. The maximum absolute atomic E-state index is 11.4. The molecule has 1 aliphatic rings. The molecule has 1 aliphatic heterocycles. The highest BCUT2D eigenvalue weighted by Crippen LogP contribution is 2.20. The van der Waals surface area contributed by atoms with Crippen LogP contribution in [-0.4, -0.2) is 19.5 Å². The number of fused-ring (bicyclic) bond motifs is 1.